The minimum absolute atomic E-state index is 0.130. The van der Waals surface area contributed by atoms with Crippen LogP contribution >= 0.6 is 22.9 Å². The SMILES string of the molecule is CS(=O)(=O)c1cc(Cl)cnc1C1CCCN(Cc2cccs2)C1. The van der Waals surface area contributed by atoms with E-state index < -0.39 is 9.84 Å². The molecule has 7 heteroatoms. The van der Waals surface area contributed by atoms with Crippen molar-refractivity contribution in [3.05, 3.63) is 45.4 Å². The largest absolute Gasteiger partial charge is 0.298 e. The molecule has 0 saturated carbocycles. The molecule has 1 aliphatic heterocycles. The summed E-state index contributed by atoms with van der Waals surface area (Å²) < 4.78 is 24.2. The lowest BCUT2D eigenvalue weighted by Crippen LogP contribution is -2.34. The van der Waals surface area contributed by atoms with Crippen molar-refractivity contribution in [2.75, 3.05) is 19.3 Å². The van der Waals surface area contributed by atoms with Crippen LogP contribution in [0.2, 0.25) is 5.02 Å². The molecule has 1 atom stereocenters. The summed E-state index contributed by atoms with van der Waals surface area (Å²) in [4.78, 5) is 8.34. The van der Waals surface area contributed by atoms with Gasteiger partial charge in [0.25, 0.3) is 0 Å². The van der Waals surface area contributed by atoms with Crippen molar-refractivity contribution in [2.24, 2.45) is 0 Å². The Labute approximate surface area is 146 Å². The van der Waals surface area contributed by atoms with Crippen LogP contribution in [0.1, 0.15) is 29.3 Å². The number of likely N-dealkylation sites (tertiary alicyclic amines) is 1. The van der Waals surface area contributed by atoms with Crippen molar-refractivity contribution in [2.45, 2.75) is 30.2 Å². The molecule has 3 heterocycles. The van der Waals surface area contributed by atoms with Crippen LogP contribution < -0.4 is 0 Å². The van der Waals surface area contributed by atoms with E-state index in [1.54, 1.807) is 17.5 Å². The number of pyridine rings is 1. The molecule has 0 spiro atoms. The lowest BCUT2D eigenvalue weighted by atomic mass is 9.94. The highest BCUT2D eigenvalue weighted by Gasteiger charge is 2.27. The molecule has 1 fully saturated rings. The number of piperidine rings is 1. The summed E-state index contributed by atoms with van der Waals surface area (Å²) in [7, 11) is -3.34. The zero-order chi connectivity index (χ0) is 16.4. The summed E-state index contributed by atoms with van der Waals surface area (Å²) in [6, 6.07) is 5.72. The number of sulfone groups is 1. The number of aromatic nitrogens is 1. The number of nitrogens with zero attached hydrogens (tertiary/aromatic N) is 2. The van der Waals surface area contributed by atoms with Crippen LogP contribution in [0.25, 0.3) is 0 Å². The lowest BCUT2D eigenvalue weighted by molar-refractivity contribution is 0.199. The molecule has 3 rings (SSSR count). The van der Waals surface area contributed by atoms with Gasteiger partial charge in [-0.2, -0.15) is 0 Å². The topological polar surface area (TPSA) is 50.3 Å². The van der Waals surface area contributed by atoms with Gasteiger partial charge in [-0.15, -0.1) is 11.3 Å². The molecule has 0 amide bonds. The van der Waals surface area contributed by atoms with Crippen LogP contribution in [-0.4, -0.2) is 37.6 Å². The van der Waals surface area contributed by atoms with E-state index in [1.165, 1.54) is 17.2 Å². The second-order valence-corrected chi connectivity index (χ2v) is 9.42. The van der Waals surface area contributed by atoms with E-state index in [2.05, 4.69) is 27.4 Å². The van der Waals surface area contributed by atoms with Crippen molar-refractivity contribution in [1.82, 2.24) is 9.88 Å². The van der Waals surface area contributed by atoms with Crippen molar-refractivity contribution in [3.63, 3.8) is 0 Å². The van der Waals surface area contributed by atoms with Gasteiger partial charge in [0.05, 0.1) is 15.6 Å². The van der Waals surface area contributed by atoms with Crippen LogP contribution in [0.15, 0.2) is 34.7 Å². The summed E-state index contributed by atoms with van der Waals surface area (Å²) in [5, 5.41) is 2.44. The monoisotopic (exact) mass is 370 g/mol. The molecule has 1 unspecified atom stereocenters. The average Bonchev–Trinajstić information content (AvgIpc) is 2.99. The molecule has 0 N–H and O–H groups in total. The van der Waals surface area contributed by atoms with Crippen molar-refractivity contribution < 1.29 is 8.42 Å². The average molecular weight is 371 g/mol. The quantitative estimate of drug-likeness (QED) is 0.825. The highest BCUT2D eigenvalue weighted by molar-refractivity contribution is 7.90. The van der Waals surface area contributed by atoms with E-state index in [-0.39, 0.29) is 10.8 Å². The number of hydrogen-bond acceptors (Lipinski definition) is 5. The molecule has 2 aromatic heterocycles. The summed E-state index contributed by atoms with van der Waals surface area (Å²) in [5.41, 5.74) is 0.660. The second kappa shape index (κ2) is 6.89. The Morgan fingerprint density at radius 2 is 2.30 bits per heavy atom. The van der Waals surface area contributed by atoms with Crippen molar-refractivity contribution >= 4 is 32.8 Å². The predicted molar refractivity (Wildman–Crippen MR) is 93.9 cm³/mol. The number of hydrogen-bond donors (Lipinski definition) is 0. The van der Waals surface area contributed by atoms with Crippen LogP contribution in [0, 0.1) is 0 Å². The van der Waals surface area contributed by atoms with E-state index in [4.69, 9.17) is 11.6 Å². The predicted octanol–water partition coefficient (Wildman–Crippen LogP) is 3.58. The molecule has 1 aliphatic rings. The van der Waals surface area contributed by atoms with E-state index in [9.17, 15) is 8.42 Å². The molecular formula is C16H19ClN2O2S2. The molecule has 23 heavy (non-hydrogen) atoms. The maximum atomic E-state index is 12.1. The summed E-state index contributed by atoms with van der Waals surface area (Å²) in [6.07, 6.45) is 4.77. The van der Waals surface area contributed by atoms with E-state index in [1.807, 2.05) is 0 Å². The van der Waals surface area contributed by atoms with Gasteiger partial charge in [0.15, 0.2) is 9.84 Å². The fourth-order valence-electron chi connectivity index (χ4n) is 3.08. The van der Waals surface area contributed by atoms with Crippen LogP contribution in [0.4, 0.5) is 0 Å². The highest BCUT2D eigenvalue weighted by Crippen LogP contribution is 2.32. The van der Waals surface area contributed by atoms with Gasteiger partial charge in [-0.3, -0.25) is 9.88 Å². The molecule has 0 aromatic carbocycles. The van der Waals surface area contributed by atoms with Gasteiger partial charge in [0, 0.05) is 36.3 Å². The summed E-state index contributed by atoms with van der Waals surface area (Å²) >= 11 is 7.70. The molecule has 4 nitrogen and oxygen atoms in total. The van der Waals surface area contributed by atoms with Gasteiger partial charge in [-0.25, -0.2) is 8.42 Å². The standard InChI is InChI=1S/C16H19ClN2O2S2/c1-23(20,21)15-8-13(17)9-18-16(15)12-4-2-6-19(10-12)11-14-5-3-7-22-14/h3,5,7-9,12H,2,4,6,10-11H2,1H3. The Morgan fingerprint density at radius 3 is 3.00 bits per heavy atom. The van der Waals surface area contributed by atoms with Gasteiger partial charge in [0.2, 0.25) is 0 Å². The first kappa shape index (κ1) is 16.9. The Balaban J connectivity index is 1.84. The summed E-state index contributed by atoms with van der Waals surface area (Å²) in [5.74, 6) is 0.130. The zero-order valence-corrected chi connectivity index (χ0v) is 15.3. The first-order valence-electron chi connectivity index (χ1n) is 7.54. The molecule has 124 valence electrons. The minimum atomic E-state index is -3.34. The van der Waals surface area contributed by atoms with Gasteiger partial charge in [0.1, 0.15) is 0 Å². The van der Waals surface area contributed by atoms with Gasteiger partial charge >= 0.3 is 0 Å². The Morgan fingerprint density at radius 1 is 1.48 bits per heavy atom. The Hall–Kier alpha value is -0.950. The van der Waals surface area contributed by atoms with Crippen LogP contribution in [0.3, 0.4) is 0 Å². The fraction of sp³-hybridized carbons (Fsp3) is 0.438. The maximum Gasteiger partial charge on any atom is 0.177 e. The number of rotatable bonds is 4. The lowest BCUT2D eigenvalue weighted by Gasteiger charge is -2.32. The maximum absolute atomic E-state index is 12.1. The first-order chi connectivity index (χ1) is 10.9. The zero-order valence-electron chi connectivity index (χ0n) is 12.9. The molecule has 0 radical (unpaired) electrons. The third-order valence-electron chi connectivity index (χ3n) is 4.10. The van der Waals surface area contributed by atoms with E-state index in [0.29, 0.717) is 10.7 Å². The van der Waals surface area contributed by atoms with Gasteiger partial charge in [-0.1, -0.05) is 17.7 Å². The molecular weight excluding hydrogens is 352 g/mol. The van der Waals surface area contributed by atoms with E-state index in [0.717, 1.165) is 32.5 Å². The van der Waals surface area contributed by atoms with E-state index >= 15 is 0 Å². The Bertz CT molecular complexity index is 775. The Kier molecular flexibility index (Phi) is 5.06. The van der Waals surface area contributed by atoms with Crippen molar-refractivity contribution in [1.29, 1.82) is 0 Å². The van der Waals surface area contributed by atoms with Gasteiger partial charge < -0.3 is 0 Å². The van der Waals surface area contributed by atoms with Crippen LogP contribution in [-0.2, 0) is 16.4 Å². The van der Waals surface area contributed by atoms with Crippen molar-refractivity contribution in [3.8, 4) is 0 Å². The third kappa shape index (κ3) is 4.12. The molecule has 1 saturated heterocycles. The second-order valence-electron chi connectivity index (χ2n) is 5.96. The normalized spacial score (nSPS) is 19.8. The van der Waals surface area contributed by atoms with Gasteiger partial charge in [-0.05, 0) is 36.9 Å². The number of thiophene rings is 1. The highest BCUT2D eigenvalue weighted by atomic mass is 35.5. The molecule has 2 aromatic rings. The third-order valence-corrected chi connectivity index (χ3v) is 6.29. The van der Waals surface area contributed by atoms with Crippen LogP contribution in [0.5, 0.6) is 0 Å². The minimum Gasteiger partial charge on any atom is -0.298 e. The first-order valence-corrected chi connectivity index (χ1v) is 10.7. The smallest absolute Gasteiger partial charge is 0.177 e. The number of halogens is 1. The fourth-order valence-corrected chi connectivity index (χ4v) is 4.99. The summed E-state index contributed by atoms with van der Waals surface area (Å²) in [6.45, 7) is 2.78. The molecule has 0 aliphatic carbocycles. The molecule has 0 bridgehead atoms.